The Morgan fingerprint density at radius 2 is 2.35 bits per heavy atom. The molecule has 0 amide bonds. The zero-order valence-electron chi connectivity index (χ0n) is 10.2. The molecule has 1 atom stereocenters. The number of rotatable bonds is 7. The molecular weight excluding hydrogens is 242 g/mol. The summed E-state index contributed by atoms with van der Waals surface area (Å²) in [5.74, 6) is 0.482. The normalized spacial score (nSPS) is 12.9. The van der Waals surface area contributed by atoms with E-state index >= 15 is 0 Å². The molecule has 0 aliphatic rings. The fourth-order valence-electron chi connectivity index (χ4n) is 1.36. The van der Waals surface area contributed by atoms with Crippen molar-refractivity contribution in [3.05, 3.63) is 17.5 Å². The Hall–Kier alpha value is -1.01. The van der Waals surface area contributed by atoms with Crippen molar-refractivity contribution in [2.75, 3.05) is 7.11 Å². The largest absolute Gasteiger partial charge is 0.480 e. The van der Waals surface area contributed by atoms with Gasteiger partial charge in [0.05, 0.1) is 5.69 Å². The Bertz CT molecular complexity index is 364. The lowest BCUT2D eigenvalue weighted by Gasteiger charge is -2.14. The summed E-state index contributed by atoms with van der Waals surface area (Å²) >= 11 is 1.36. The minimum Gasteiger partial charge on any atom is -0.480 e. The summed E-state index contributed by atoms with van der Waals surface area (Å²) in [7, 11) is 1.58. The second-order valence-electron chi connectivity index (χ2n) is 4.03. The van der Waals surface area contributed by atoms with Crippen LogP contribution in [-0.4, -0.2) is 28.6 Å². The van der Waals surface area contributed by atoms with Crippen molar-refractivity contribution in [1.82, 2.24) is 5.16 Å². The van der Waals surface area contributed by atoms with E-state index in [1.807, 2.05) is 13.8 Å². The Morgan fingerprint density at radius 3 is 2.88 bits per heavy atom. The lowest BCUT2D eigenvalue weighted by Crippen LogP contribution is -2.22. The summed E-state index contributed by atoms with van der Waals surface area (Å²) in [5.41, 5.74) is 0.744. The van der Waals surface area contributed by atoms with E-state index in [4.69, 9.17) is 14.4 Å². The Labute approximate surface area is 105 Å². The van der Waals surface area contributed by atoms with E-state index in [1.165, 1.54) is 11.8 Å². The molecule has 96 valence electrons. The van der Waals surface area contributed by atoms with Crippen molar-refractivity contribution in [3.63, 3.8) is 0 Å². The van der Waals surface area contributed by atoms with E-state index in [0.29, 0.717) is 18.1 Å². The van der Waals surface area contributed by atoms with Gasteiger partial charge in [0.25, 0.3) is 0 Å². The second kappa shape index (κ2) is 6.66. The van der Waals surface area contributed by atoms with Crippen molar-refractivity contribution in [2.24, 2.45) is 5.92 Å². The fourth-order valence-corrected chi connectivity index (χ4v) is 2.37. The first kappa shape index (κ1) is 14.1. The molecular formula is C11H17NO4S. The third-order valence-electron chi connectivity index (χ3n) is 2.15. The van der Waals surface area contributed by atoms with Gasteiger partial charge in [-0.15, -0.1) is 11.8 Å². The van der Waals surface area contributed by atoms with Gasteiger partial charge in [0.1, 0.15) is 11.9 Å². The van der Waals surface area contributed by atoms with Gasteiger partial charge in [-0.05, 0) is 5.92 Å². The third kappa shape index (κ3) is 4.40. The van der Waals surface area contributed by atoms with Crippen molar-refractivity contribution in [3.8, 4) is 0 Å². The minimum atomic E-state index is -0.786. The zero-order valence-corrected chi connectivity index (χ0v) is 11.0. The highest BCUT2D eigenvalue weighted by Crippen LogP contribution is 2.23. The predicted molar refractivity (Wildman–Crippen MR) is 64.8 cm³/mol. The molecule has 0 saturated heterocycles. The standard InChI is InChI=1S/C11H17NO4S/c1-7(2)10(11(13)14)17-6-8-4-9(5-15-3)16-12-8/h4,7,10H,5-6H2,1-3H3,(H,13,14). The van der Waals surface area contributed by atoms with Crippen LogP contribution in [0, 0.1) is 5.92 Å². The van der Waals surface area contributed by atoms with Crippen LogP contribution in [-0.2, 0) is 21.9 Å². The van der Waals surface area contributed by atoms with Gasteiger partial charge in [-0.25, -0.2) is 0 Å². The highest BCUT2D eigenvalue weighted by Gasteiger charge is 2.22. The van der Waals surface area contributed by atoms with Gasteiger partial charge in [-0.3, -0.25) is 4.79 Å². The van der Waals surface area contributed by atoms with Crippen LogP contribution in [0.1, 0.15) is 25.3 Å². The topological polar surface area (TPSA) is 72.6 Å². The number of nitrogens with zero attached hydrogens (tertiary/aromatic N) is 1. The molecule has 0 saturated carbocycles. The number of carboxylic acid groups (broad SMARTS) is 1. The maximum atomic E-state index is 11.0. The van der Waals surface area contributed by atoms with Gasteiger partial charge in [0.15, 0.2) is 5.76 Å². The number of hydrogen-bond donors (Lipinski definition) is 1. The first-order chi connectivity index (χ1) is 8.04. The molecule has 1 N–H and O–H groups in total. The molecule has 17 heavy (non-hydrogen) atoms. The van der Waals surface area contributed by atoms with Crippen LogP contribution in [0.4, 0.5) is 0 Å². The monoisotopic (exact) mass is 259 g/mol. The van der Waals surface area contributed by atoms with Crippen LogP contribution in [0.25, 0.3) is 0 Å². The maximum absolute atomic E-state index is 11.0. The van der Waals surface area contributed by atoms with Crippen LogP contribution >= 0.6 is 11.8 Å². The Morgan fingerprint density at radius 1 is 1.65 bits per heavy atom. The van der Waals surface area contributed by atoms with E-state index < -0.39 is 11.2 Å². The third-order valence-corrected chi connectivity index (χ3v) is 3.72. The molecule has 0 aliphatic heterocycles. The number of ether oxygens (including phenoxy) is 1. The second-order valence-corrected chi connectivity index (χ2v) is 5.16. The molecule has 0 spiro atoms. The summed E-state index contributed by atoms with van der Waals surface area (Å²) in [5, 5.41) is 12.5. The van der Waals surface area contributed by atoms with Crippen molar-refractivity contribution in [2.45, 2.75) is 31.5 Å². The van der Waals surface area contributed by atoms with Crippen molar-refractivity contribution in [1.29, 1.82) is 0 Å². The van der Waals surface area contributed by atoms with Crippen molar-refractivity contribution >= 4 is 17.7 Å². The van der Waals surface area contributed by atoms with E-state index in [-0.39, 0.29) is 5.92 Å². The maximum Gasteiger partial charge on any atom is 0.316 e. The summed E-state index contributed by atoms with van der Waals surface area (Å²) < 4.78 is 9.93. The SMILES string of the molecule is COCc1cc(CSC(C(=O)O)C(C)C)no1. The van der Waals surface area contributed by atoms with E-state index in [2.05, 4.69) is 5.16 Å². The van der Waals surface area contributed by atoms with Crippen molar-refractivity contribution < 1.29 is 19.2 Å². The molecule has 1 unspecified atom stereocenters. The molecule has 0 aliphatic carbocycles. The van der Waals surface area contributed by atoms with Gasteiger partial charge in [-0.2, -0.15) is 0 Å². The highest BCUT2D eigenvalue weighted by atomic mass is 32.2. The quantitative estimate of drug-likeness (QED) is 0.809. The van der Waals surface area contributed by atoms with Crippen LogP contribution < -0.4 is 0 Å². The summed E-state index contributed by atoms with van der Waals surface area (Å²) in [6.07, 6.45) is 0. The first-order valence-corrected chi connectivity index (χ1v) is 6.37. The number of carboxylic acids is 1. The predicted octanol–water partition coefficient (Wildman–Crippen LogP) is 2.16. The summed E-state index contributed by atoms with van der Waals surface area (Å²) in [6.45, 7) is 4.17. The van der Waals surface area contributed by atoms with Crippen LogP contribution in [0.15, 0.2) is 10.6 Å². The molecule has 0 radical (unpaired) electrons. The number of methoxy groups -OCH3 is 1. The van der Waals surface area contributed by atoms with Gasteiger partial charge in [0, 0.05) is 18.9 Å². The van der Waals surface area contributed by atoms with Crippen LogP contribution in [0.2, 0.25) is 0 Å². The molecule has 0 aromatic carbocycles. The lowest BCUT2D eigenvalue weighted by atomic mass is 10.1. The minimum absolute atomic E-state index is 0.0860. The van der Waals surface area contributed by atoms with Gasteiger partial charge in [-0.1, -0.05) is 19.0 Å². The molecule has 0 bridgehead atoms. The van der Waals surface area contributed by atoms with E-state index in [0.717, 1.165) is 5.69 Å². The molecule has 5 nitrogen and oxygen atoms in total. The van der Waals surface area contributed by atoms with E-state index in [9.17, 15) is 4.79 Å². The van der Waals surface area contributed by atoms with Crippen LogP contribution in [0.3, 0.4) is 0 Å². The Balaban J connectivity index is 2.50. The van der Waals surface area contributed by atoms with Crippen LogP contribution in [0.5, 0.6) is 0 Å². The number of carbonyl (C=O) groups is 1. The molecule has 1 aromatic rings. The first-order valence-electron chi connectivity index (χ1n) is 5.32. The number of hydrogen-bond acceptors (Lipinski definition) is 5. The summed E-state index contributed by atoms with van der Waals surface area (Å²) in [6, 6.07) is 1.79. The fraction of sp³-hybridized carbons (Fsp3) is 0.636. The van der Waals surface area contributed by atoms with Gasteiger partial charge >= 0.3 is 5.97 Å². The number of thioether (sulfide) groups is 1. The van der Waals surface area contributed by atoms with E-state index in [1.54, 1.807) is 13.2 Å². The zero-order chi connectivity index (χ0) is 12.8. The average Bonchev–Trinajstić information content (AvgIpc) is 2.65. The smallest absolute Gasteiger partial charge is 0.316 e. The lowest BCUT2D eigenvalue weighted by molar-refractivity contribution is -0.137. The number of aliphatic carboxylic acids is 1. The Kier molecular flexibility index (Phi) is 5.50. The van der Waals surface area contributed by atoms with Gasteiger partial charge < -0.3 is 14.4 Å². The molecule has 0 fully saturated rings. The summed E-state index contributed by atoms with van der Waals surface area (Å²) in [4.78, 5) is 11.0. The molecule has 1 heterocycles. The molecule has 6 heteroatoms. The van der Waals surface area contributed by atoms with Gasteiger partial charge in [0.2, 0.25) is 0 Å². The number of aromatic nitrogens is 1. The molecule has 1 aromatic heterocycles. The highest BCUT2D eigenvalue weighted by molar-refractivity contribution is 7.99. The average molecular weight is 259 g/mol. The molecule has 1 rings (SSSR count).